The monoisotopic (exact) mass is 243 g/mol. The molecule has 0 aromatic rings. The predicted octanol–water partition coefficient (Wildman–Crippen LogP) is 2.06. The smallest absolute Gasteiger partial charge is 0.315 e. The van der Waals surface area contributed by atoms with Gasteiger partial charge >= 0.3 is 6.03 Å². The Kier molecular flexibility index (Phi) is 6.53. The molecular formula is C13H29N3O. The van der Waals surface area contributed by atoms with Crippen LogP contribution in [-0.2, 0) is 0 Å². The minimum absolute atomic E-state index is 0.0707. The van der Waals surface area contributed by atoms with E-state index in [4.69, 9.17) is 0 Å². The van der Waals surface area contributed by atoms with Crippen molar-refractivity contribution >= 4 is 6.03 Å². The van der Waals surface area contributed by atoms with E-state index < -0.39 is 0 Å². The number of nitrogens with zero attached hydrogens (tertiary/aromatic N) is 1. The molecule has 4 nitrogen and oxygen atoms in total. The Labute approximate surface area is 106 Å². The fraction of sp³-hybridized carbons (Fsp3) is 0.923. The summed E-state index contributed by atoms with van der Waals surface area (Å²) < 4.78 is 0. The van der Waals surface area contributed by atoms with E-state index in [-0.39, 0.29) is 23.5 Å². The molecule has 0 bridgehead atoms. The van der Waals surface area contributed by atoms with Crippen LogP contribution in [0.4, 0.5) is 4.79 Å². The molecule has 0 aliphatic heterocycles. The van der Waals surface area contributed by atoms with E-state index in [1.54, 1.807) is 0 Å². The number of amides is 2. The van der Waals surface area contributed by atoms with Crippen molar-refractivity contribution in [3.8, 4) is 0 Å². The molecule has 0 unspecified atom stereocenters. The van der Waals surface area contributed by atoms with Crippen LogP contribution in [0.2, 0.25) is 0 Å². The van der Waals surface area contributed by atoms with Gasteiger partial charge in [-0.1, -0.05) is 20.8 Å². The van der Waals surface area contributed by atoms with Crippen LogP contribution >= 0.6 is 0 Å². The van der Waals surface area contributed by atoms with Crippen LogP contribution in [0.15, 0.2) is 0 Å². The van der Waals surface area contributed by atoms with Gasteiger partial charge in [0.2, 0.25) is 0 Å². The van der Waals surface area contributed by atoms with Crippen LogP contribution in [0.5, 0.6) is 0 Å². The lowest BCUT2D eigenvalue weighted by Crippen LogP contribution is -2.50. The highest BCUT2D eigenvalue weighted by atomic mass is 16.2. The minimum Gasteiger partial charge on any atom is -0.336 e. The average molecular weight is 243 g/mol. The molecule has 0 rings (SSSR count). The number of nitrogens with one attached hydrogen (secondary N) is 2. The zero-order chi connectivity index (χ0) is 13.6. The Hall–Kier alpha value is -0.770. The zero-order valence-corrected chi connectivity index (χ0v) is 12.4. The Morgan fingerprint density at radius 2 is 1.71 bits per heavy atom. The summed E-state index contributed by atoms with van der Waals surface area (Å²) in [5.41, 5.74) is 0.0737. The Morgan fingerprint density at radius 1 is 1.18 bits per heavy atom. The standard InChI is InChI=1S/C13H29N3O/c1-10(2)14-12(17)15-11(13(3,4)5)8-9-16(6)7/h10-11H,8-9H2,1-7H3,(H2,14,15,17)/t11-/m0/s1. The summed E-state index contributed by atoms with van der Waals surface area (Å²) in [6.07, 6.45) is 0.960. The second-order valence-electron chi connectivity index (χ2n) is 6.28. The van der Waals surface area contributed by atoms with Gasteiger partial charge in [-0.15, -0.1) is 0 Å². The maximum Gasteiger partial charge on any atom is 0.315 e. The van der Waals surface area contributed by atoms with Crippen LogP contribution in [0, 0.1) is 5.41 Å². The fourth-order valence-corrected chi connectivity index (χ4v) is 1.57. The van der Waals surface area contributed by atoms with E-state index in [0.29, 0.717) is 0 Å². The largest absolute Gasteiger partial charge is 0.336 e. The summed E-state index contributed by atoms with van der Waals surface area (Å²) in [5, 5.41) is 5.94. The summed E-state index contributed by atoms with van der Waals surface area (Å²) in [4.78, 5) is 13.9. The third kappa shape index (κ3) is 8.02. The molecule has 0 saturated heterocycles. The fourth-order valence-electron chi connectivity index (χ4n) is 1.57. The number of carbonyl (C=O) groups excluding carboxylic acids is 1. The second-order valence-corrected chi connectivity index (χ2v) is 6.28. The first-order chi connectivity index (χ1) is 7.62. The van der Waals surface area contributed by atoms with Gasteiger partial charge in [0.15, 0.2) is 0 Å². The Morgan fingerprint density at radius 3 is 2.06 bits per heavy atom. The van der Waals surface area contributed by atoms with Crippen LogP contribution in [0.1, 0.15) is 41.0 Å². The summed E-state index contributed by atoms with van der Waals surface area (Å²) in [5.74, 6) is 0. The third-order valence-corrected chi connectivity index (χ3v) is 2.64. The first kappa shape index (κ1) is 16.2. The first-order valence-electron chi connectivity index (χ1n) is 6.34. The lowest BCUT2D eigenvalue weighted by Gasteiger charge is -2.32. The van der Waals surface area contributed by atoms with Gasteiger partial charge in [0, 0.05) is 12.1 Å². The molecule has 0 aliphatic rings. The van der Waals surface area contributed by atoms with E-state index in [1.165, 1.54) is 0 Å². The molecule has 1 atom stereocenters. The SMILES string of the molecule is CC(C)NC(=O)N[C@@H](CCN(C)C)C(C)(C)C. The van der Waals surface area contributed by atoms with Gasteiger partial charge in [-0.25, -0.2) is 4.79 Å². The van der Waals surface area contributed by atoms with Gasteiger partial charge in [0.25, 0.3) is 0 Å². The number of urea groups is 1. The van der Waals surface area contributed by atoms with Gasteiger partial charge in [-0.3, -0.25) is 0 Å². The van der Waals surface area contributed by atoms with E-state index in [0.717, 1.165) is 13.0 Å². The minimum atomic E-state index is -0.0707. The van der Waals surface area contributed by atoms with Crippen molar-refractivity contribution in [3.63, 3.8) is 0 Å². The Bertz CT molecular complexity index is 231. The van der Waals surface area contributed by atoms with E-state index >= 15 is 0 Å². The molecule has 0 aliphatic carbocycles. The summed E-state index contributed by atoms with van der Waals surface area (Å²) in [7, 11) is 4.10. The normalized spacial score (nSPS) is 13.9. The molecule has 0 aromatic heterocycles. The van der Waals surface area contributed by atoms with Crippen molar-refractivity contribution in [3.05, 3.63) is 0 Å². The molecule has 0 radical (unpaired) electrons. The van der Waals surface area contributed by atoms with Crippen LogP contribution < -0.4 is 10.6 Å². The molecule has 4 heteroatoms. The van der Waals surface area contributed by atoms with Crippen molar-refractivity contribution in [2.24, 2.45) is 5.41 Å². The molecule has 2 amide bonds. The maximum atomic E-state index is 11.7. The van der Waals surface area contributed by atoms with E-state index in [9.17, 15) is 4.79 Å². The number of hydrogen-bond donors (Lipinski definition) is 2. The summed E-state index contributed by atoms with van der Waals surface area (Å²) in [6.45, 7) is 11.4. The average Bonchev–Trinajstić information content (AvgIpc) is 2.08. The highest BCUT2D eigenvalue weighted by Gasteiger charge is 2.26. The van der Waals surface area contributed by atoms with Crippen molar-refractivity contribution in [2.75, 3.05) is 20.6 Å². The number of carbonyl (C=O) groups is 1. The topological polar surface area (TPSA) is 44.4 Å². The highest BCUT2D eigenvalue weighted by Crippen LogP contribution is 2.21. The zero-order valence-electron chi connectivity index (χ0n) is 12.4. The van der Waals surface area contributed by atoms with Crippen molar-refractivity contribution < 1.29 is 4.79 Å². The van der Waals surface area contributed by atoms with Crippen molar-refractivity contribution in [1.82, 2.24) is 15.5 Å². The molecule has 0 aromatic carbocycles. The molecular weight excluding hydrogens is 214 g/mol. The van der Waals surface area contributed by atoms with Crippen molar-refractivity contribution in [1.29, 1.82) is 0 Å². The molecule has 0 saturated carbocycles. The predicted molar refractivity (Wildman–Crippen MR) is 73.2 cm³/mol. The summed E-state index contributed by atoms with van der Waals surface area (Å²) >= 11 is 0. The van der Waals surface area contributed by atoms with Crippen LogP contribution in [0.3, 0.4) is 0 Å². The van der Waals surface area contributed by atoms with Gasteiger partial charge in [-0.05, 0) is 46.3 Å². The maximum absolute atomic E-state index is 11.7. The molecule has 17 heavy (non-hydrogen) atoms. The first-order valence-corrected chi connectivity index (χ1v) is 6.34. The summed E-state index contributed by atoms with van der Waals surface area (Å²) in [6, 6.07) is 0.284. The molecule has 102 valence electrons. The highest BCUT2D eigenvalue weighted by molar-refractivity contribution is 5.74. The van der Waals surface area contributed by atoms with E-state index in [1.807, 2.05) is 27.9 Å². The lowest BCUT2D eigenvalue weighted by atomic mass is 9.84. The number of hydrogen-bond acceptors (Lipinski definition) is 2. The van der Waals surface area contributed by atoms with Gasteiger partial charge < -0.3 is 15.5 Å². The van der Waals surface area contributed by atoms with Crippen molar-refractivity contribution in [2.45, 2.75) is 53.1 Å². The third-order valence-electron chi connectivity index (χ3n) is 2.64. The van der Waals surface area contributed by atoms with Gasteiger partial charge in [-0.2, -0.15) is 0 Å². The molecule has 0 fully saturated rings. The molecule has 0 heterocycles. The van der Waals surface area contributed by atoms with Gasteiger partial charge in [0.1, 0.15) is 0 Å². The quantitative estimate of drug-likeness (QED) is 0.776. The van der Waals surface area contributed by atoms with E-state index in [2.05, 4.69) is 36.3 Å². The number of rotatable bonds is 5. The molecule has 2 N–H and O–H groups in total. The second kappa shape index (κ2) is 6.84. The van der Waals surface area contributed by atoms with Gasteiger partial charge in [0.05, 0.1) is 0 Å². The molecule has 0 spiro atoms. The van der Waals surface area contributed by atoms with Crippen LogP contribution in [-0.4, -0.2) is 43.7 Å². The van der Waals surface area contributed by atoms with Crippen LogP contribution in [0.25, 0.3) is 0 Å². The Balaban J connectivity index is 4.34. The lowest BCUT2D eigenvalue weighted by molar-refractivity contribution is 0.205.